The first-order valence-corrected chi connectivity index (χ1v) is 15.7. The van der Waals surface area contributed by atoms with Crippen molar-refractivity contribution < 1.29 is 55.8 Å². The summed E-state index contributed by atoms with van der Waals surface area (Å²) >= 11 is 0. The lowest BCUT2D eigenvalue weighted by molar-refractivity contribution is -0.126. The Morgan fingerprint density at radius 3 is 2.00 bits per heavy atom. The highest BCUT2D eigenvalue weighted by Crippen LogP contribution is 2.48. The Morgan fingerprint density at radius 1 is 0.762 bits per heavy atom. The lowest BCUT2D eigenvalue weighted by Crippen LogP contribution is -2.32. The van der Waals surface area contributed by atoms with Crippen LogP contribution in [0.1, 0.15) is 49.2 Å². The third kappa shape index (κ3) is 11.6. The molecule has 2 amide bonds. The molecule has 0 saturated heterocycles. The molecule has 0 radical (unpaired) electrons. The molecule has 0 aliphatic heterocycles. The van der Waals surface area contributed by atoms with Gasteiger partial charge < -0.3 is 35.7 Å². The molecule has 3 unspecified atom stereocenters. The predicted octanol–water partition coefficient (Wildman–Crippen LogP) is 2.45. The average molecular weight is 638 g/mol. The van der Waals surface area contributed by atoms with Crippen LogP contribution in [0.5, 0.6) is 17.2 Å². The fraction of sp³-hybridized carbons (Fsp3) is 0.417. The van der Waals surface area contributed by atoms with E-state index in [1.165, 1.54) is 18.2 Å². The van der Waals surface area contributed by atoms with Crippen LogP contribution in [0.2, 0.25) is 0 Å². The highest BCUT2D eigenvalue weighted by atomic mass is 31.2. The summed E-state index contributed by atoms with van der Waals surface area (Å²) in [5.41, 5.74) is 9.56. The predicted molar refractivity (Wildman–Crippen MR) is 147 cm³/mol. The van der Waals surface area contributed by atoms with Gasteiger partial charge in [-0.3, -0.25) is 24.3 Å². The molecule has 0 heterocycles. The lowest BCUT2D eigenvalue weighted by Gasteiger charge is -2.19. The van der Waals surface area contributed by atoms with Gasteiger partial charge in [-0.05, 0) is 43.7 Å². The summed E-state index contributed by atoms with van der Waals surface area (Å²) in [6, 6.07) is 7.38. The van der Waals surface area contributed by atoms with Crippen molar-refractivity contribution in [1.29, 1.82) is 0 Å². The molecule has 0 saturated carbocycles. The number of nitrogens with two attached hydrogens (primary N) is 2. The van der Waals surface area contributed by atoms with Crippen LogP contribution >= 0.6 is 15.6 Å². The van der Waals surface area contributed by atoms with Crippen LogP contribution < -0.4 is 35.7 Å². The number of rotatable bonds is 18. The Hall–Kier alpha value is -3.10. The standard InChI is InChI=1S/C24H34F2N4O10P2/c25-21(23(31)29-13-6-2-1-5-11-27)17-7-3-4-8-19(17)40-42(36,37)38-16-9-10-20(39-41(33,34)35)18(15-16)22(26)24(32)30-14-12-28/h3-4,7-10,15,21-22H,1-2,5-6,11-14,27-28H2,(H,29,31)(H,30,32)(H,36,37)(H2,33,34,35). The van der Waals surface area contributed by atoms with Gasteiger partial charge in [0.2, 0.25) is 12.3 Å². The van der Waals surface area contributed by atoms with Crippen LogP contribution in [0.25, 0.3) is 0 Å². The molecule has 18 heteroatoms. The zero-order valence-electron chi connectivity index (χ0n) is 22.4. The maximum Gasteiger partial charge on any atom is 0.584 e. The highest BCUT2D eigenvalue weighted by Gasteiger charge is 2.32. The summed E-state index contributed by atoms with van der Waals surface area (Å²) in [6.45, 7) is 0.606. The largest absolute Gasteiger partial charge is 0.584 e. The van der Waals surface area contributed by atoms with E-state index in [9.17, 15) is 28.0 Å². The quantitative estimate of drug-likeness (QED) is 0.0922. The molecule has 2 aromatic carbocycles. The van der Waals surface area contributed by atoms with Crippen LogP contribution in [0, 0.1) is 0 Å². The molecule has 42 heavy (non-hydrogen) atoms. The maximum atomic E-state index is 15.0. The number of amides is 2. The number of benzene rings is 2. The van der Waals surface area contributed by atoms with E-state index in [0.717, 1.165) is 37.5 Å². The molecular weight excluding hydrogens is 604 g/mol. The molecule has 0 aliphatic rings. The zero-order chi connectivity index (χ0) is 31.3. The SMILES string of the molecule is NCCCCCCNC(=O)C(F)c1ccccc1OP(=O)(O)Oc1ccc(OP(=O)(O)O)c(C(F)C(=O)NCCN)c1. The number of halogens is 2. The number of hydrogen-bond donors (Lipinski definition) is 7. The third-order valence-electron chi connectivity index (χ3n) is 5.43. The van der Waals surface area contributed by atoms with Crippen molar-refractivity contribution in [2.45, 2.75) is 38.0 Å². The van der Waals surface area contributed by atoms with E-state index < -0.39 is 62.6 Å². The molecular formula is C24H34F2N4O10P2. The number of carbonyl (C=O) groups is 2. The summed E-state index contributed by atoms with van der Waals surface area (Å²) in [7, 11) is -10.4. The van der Waals surface area contributed by atoms with E-state index >= 15 is 4.39 Å². The van der Waals surface area contributed by atoms with Gasteiger partial charge in [-0.1, -0.05) is 31.0 Å². The molecule has 14 nitrogen and oxygen atoms in total. The van der Waals surface area contributed by atoms with Crippen LogP contribution in [0.4, 0.5) is 8.78 Å². The number of carbonyl (C=O) groups excluding carboxylic acids is 2. The first-order valence-electron chi connectivity index (χ1n) is 12.7. The second-order valence-corrected chi connectivity index (χ2v) is 11.2. The Balaban J connectivity index is 2.22. The van der Waals surface area contributed by atoms with Crippen molar-refractivity contribution in [2.24, 2.45) is 11.5 Å². The molecule has 234 valence electrons. The van der Waals surface area contributed by atoms with E-state index in [-0.39, 0.29) is 25.2 Å². The maximum absolute atomic E-state index is 15.0. The first-order chi connectivity index (χ1) is 19.8. The Labute approximate surface area is 240 Å². The Kier molecular flexibility index (Phi) is 13.8. The first kappa shape index (κ1) is 35.1. The van der Waals surface area contributed by atoms with Crippen molar-refractivity contribution in [1.82, 2.24) is 10.6 Å². The molecule has 0 aromatic heterocycles. The summed E-state index contributed by atoms with van der Waals surface area (Å²) in [5, 5.41) is 4.58. The lowest BCUT2D eigenvalue weighted by atomic mass is 10.1. The molecule has 3 atom stereocenters. The van der Waals surface area contributed by atoms with E-state index in [0.29, 0.717) is 19.0 Å². The summed E-state index contributed by atoms with van der Waals surface area (Å²) in [4.78, 5) is 53.0. The Morgan fingerprint density at radius 2 is 1.36 bits per heavy atom. The van der Waals surface area contributed by atoms with E-state index in [1.807, 2.05) is 0 Å². The van der Waals surface area contributed by atoms with Gasteiger partial charge in [0.1, 0.15) is 17.2 Å². The second kappa shape index (κ2) is 16.5. The Bertz CT molecular complexity index is 1300. The highest BCUT2D eigenvalue weighted by molar-refractivity contribution is 7.48. The minimum Gasteiger partial charge on any atom is -0.404 e. The van der Waals surface area contributed by atoms with Crippen molar-refractivity contribution in [3.8, 4) is 17.2 Å². The number of para-hydroxylation sites is 1. The van der Waals surface area contributed by atoms with E-state index in [1.54, 1.807) is 0 Å². The van der Waals surface area contributed by atoms with Gasteiger partial charge in [0.25, 0.3) is 11.8 Å². The summed E-state index contributed by atoms with van der Waals surface area (Å²) < 4.78 is 68.4. The van der Waals surface area contributed by atoms with Gasteiger partial charge >= 0.3 is 15.6 Å². The van der Waals surface area contributed by atoms with Crippen LogP contribution in [0.15, 0.2) is 42.5 Å². The fourth-order valence-electron chi connectivity index (χ4n) is 3.53. The molecule has 9 N–H and O–H groups in total. The van der Waals surface area contributed by atoms with E-state index in [2.05, 4.69) is 15.2 Å². The normalized spacial score (nSPS) is 14.3. The van der Waals surface area contributed by atoms with Crippen LogP contribution in [0.3, 0.4) is 0 Å². The number of alkyl halides is 2. The van der Waals surface area contributed by atoms with Gasteiger partial charge in [0, 0.05) is 30.8 Å². The number of hydrogen-bond acceptors (Lipinski definition) is 9. The number of phosphoric acid groups is 2. The minimum atomic E-state index is -5.21. The van der Waals surface area contributed by atoms with E-state index in [4.69, 9.17) is 30.3 Å². The molecule has 0 spiro atoms. The third-order valence-corrected chi connectivity index (χ3v) is 6.74. The van der Waals surface area contributed by atoms with Gasteiger partial charge in [-0.2, -0.15) is 0 Å². The molecule has 0 aliphatic carbocycles. The van der Waals surface area contributed by atoms with Crippen LogP contribution in [-0.4, -0.2) is 52.7 Å². The molecule has 0 fully saturated rings. The monoisotopic (exact) mass is 638 g/mol. The zero-order valence-corrected chi connectivity index (χ0v) is 24.1. The fourth-order valence-corrected chi connectivity index (χ4v) is 4.79. The summed E-state index contributed by atoms with van der Waals surface area (Å²) in [5.74, 6) is -4.07. The minimum absolute atomic E-state index is 0.0312. The van der Waals surface area contributed by atoms with Crippen LogP contribution in [-0.2, 0) is 18.7 Å². The van der Waals surface area contributed by atoms with Gasteiger partial charge in [0.05, 0.1) is 0 Å². The molecule has 2 aromatic rings. The second-order valence-electron chi connectivity index (χ2n) is 8.77. The summed E-state index contributed by atoms with van der Waals surface area (Å²) in [6.07, 6.45) is -1.74. The smallest absolute Gasteiger partial charge is 0.404 e. The van der Waals surface area contributed by atoms with Gasteiger partial charge in [-0.25, -0.2) is 17.9 Å². The average Bonchev–Trinajstić information content (AvgIpc) is 2.92. The van der Waals surface area contributed by atoms with Gasteiger partial charge in [0.15, 0.2) is 0 Å². The number of unbranched alkanes of at least 4 members (excludes halogenated alkanes) is 3. The number of nitrogens with one attached hydrogen (secondary N) is 2. The van der Waals surface area contributed by atoms with Crippen molar-refractivity contribution >= 4 is 27.5 Å². The molecule has 2 rings (SSSR count). The topological polar surface area (TPSA) is 233 Å². The van der Waals surface area contributed by atoms with Crippen molar-refractivity contribution in [3.05, 3.63) is 53.6 Å². The van der Waals surface area contributed by atoms with Crippen molar-refractivity contribution in [2.75, 3.05) is 26.2 Å². The van der Waals surface area contributed by atoms with Gasteiger partial charge in [-0.15, -0.1) is 0 Å². The molecule has 0 bridgehead atoms. The van der Waals surface area contributed by atoms with Crippen molar-refractivity contribution in [3.63, 3.8) is 0 Å². The number of phosphoric ester groups is 2.